The molecule has 6 nitrogen and oxygen atoms in total. The van der Waals surface area contributed by atoms with E-state index in [4.69, 9.17) is 22.1 Å². The number of rotatable bonds is 3. The monoisotopic (exact) mass is 452 g/mol. The molecule has 2 aromatic rings. The van der Waals surface area contributed by atoms with Gasteiger partial charge in [-0.15, -0.1) is 0 Å². The molecule has 1 aliphatic carbocycles. The molecule has 0 radical (unpaired) electrons. The summed E-state index contributed by atoms with van der Waals surface area (Å²) in [5.74, 6) is -5.82. The van der Waals surface area contributed by atoms with Crippen LogP contribution in [-0.2, 0) is 10.3 Å². The van der Waals surface area contributed by atoms with Crippen LogP contribution in [0.4, 0.5) is 18.9 Å². The maximum atomic E-state index is 14.9. The molecule has 0 saturated heterocycles. The first-order valence-electron chi connectivity index (χ1n) is 9.73. The first kappa shape index (κ1) is 21.4. The predicted octanol–water partition coefficient (Wildman–Crippen LogP) is 4.49. The highest BCUT2D eigenvalue weighted by atomic mass is 35.5. The highest BCUT2D eigenvalue weighted by molar-refractivity contribution is 6.30. The molecule has 1 aromatic carbocycles. The summed E-state index contributed by atoms with van der Waals surface area (Å²) in [6.07, 6.45) is 0.722. The van der Waals surface area contributed by atoms with E-state index in [1.165, 1.54) is 37.4 Å². The SMILES string of the molecule is C[C@]1(c2cc(NC(=O)c3ccc(Cl)cn3)ccc2F)N=C(N)O[C@@H]2CCCC(F)(F)[C@H]21. The largest absolute Gasteiger partial charge is 0.461 e. The smallest absolute Gasteiger partial charge is 0.283 e. The minimum atomic E-state index is -3.12. The normalized spacial score (nSPS) is 26.9. The number of hydrogen-bond acceptors (Lipinski definition) is 5. The van der Waals surface area contributed by atoms with Crippen molar-refractivity contribution in [1.82, 2.24) is 4.98 Å². The maximum absolute atomic E-state index is 14.9. The molecule has 4 rings (SSSR count). The summed E-state index contributed by atoms with van der Waals surface area (Å²) in [5.41, 5.74) is 4.29. The van der Waals surface area contributed by atoms with E-state index in [2.05, 4.69) is 15.3 Å². The fourth-order valence-electron chi connectivity index (χ4n) is 4.44. The fraction of sp³-hybridized carbons (Fsp3) is 0.381. The molecular weight excluding hydrogens is 433 g/mol. The van der Waals surface area contributed by atoms with Crippen molar-refractivity contribution in [3.8, 4) is 0 Å². The lowest BCUT2D eigenvalue weighted by Crippen LogP contribution is -2.57. The summed E-state index contributed by atoms with van der Waals surface area (Å²) in [6.45, 7) is 1.42. The number of alkyl halides is 2. The Morgan fingerprint density at radius 3 is 2.81 bits per heavy atom. The van der Waals surface area contributed by atoms with Crippen LogP contribution in [0.5, 0.6) is 0 Å². The lowest BCUT2D eigenvalue weighted by atomic mass is 9.68. The molecule has 1 amide bonds. The number of hydrogen-bond donors (Lipinski definition) is 2. The van der Waals surface area contributed by atoms with Crippen LogP contribution in [0.25, 0.3) is 0 Å². The molecule has 0 bridgehead atoms. The number of ether oxygens (including phenoxy) is 1. The van der Waals surface area contributed by atoms with Gasteiger partial charge in [-0.2, -0.15) is 0 Å². The molecular formula is C21H20ClF3N4O2. The quantitative estimate of drug-likeness (QED) is 0.718. The van der Waals surface area contributed by atoms with Crippen molar-refractivity contribution in [1.29, 1.82) is 0 Å². The number of carbonyl (C=O) groups is 1. The number of aromatic nitrogens is 1. The van der Waals surface area contributed by atoms with Crippen molar-refractivity contribution in [2.24, 2.45) is 16.6 Å². The number of nitrogens with zero attached hydrogens (tertiary/aromatic N) is 2. The third kappa shape index (κ3) is 3.94. The Kier molecular flexibility index (Phi) is 5.33. The van der Waals surface area contributed by atoms with Gasteiger partial charge in [-0.25, -0.2) is 23.1 Å². The van der Waals surface area contributed by atoms with Gasteiger partial charge in [0.1, 0.15) is 23.2 Å². The zero-order chi connectivity index (χ0) is 22.4. The van der Waals surface area contributed by atoms with Crippen LogP contribution in [0.1, 0.15) is 42.2 Å². The summed E-state index contributed by atoms with van der Waals surface area (Å²) in [6, 6.07) is 6.40. The first-order chi connectivity index (χ1) is 14.6. The summed E-state index contributed by atoms with van der Waals surface area (Å²) >= 11 is 5.78. The number of benzene rings is 1. The van der Waals surface area contributed by atoms with Crippen LogP contribution >= 0.6 is 11.6 Å². The van der Waals surface area contributed by atoms with Gasteiger partial charge in [-0.1, -0.05) is 11.6 Å². The average molecular weight is 453 g/mol. The van der Waals surface area contributed by atoms with E-state index in [0.29, 0.717) is 11.4 Å². The fourth-order valence-corrected chi connectivity index (χ4v) is 4.55. The Bertz CT molecular complexity index is 1050. The van der Waals surface area contributed by atoms with Gasteiger partial charge in [-0.05, 0) is 50.1 Å². The summed E-state index contributed by atoms with van der Waals surface area (Å²) < 4.78 is 50.2. The minimum absolute atomic E-state index is 0.0914. The van der Waals surface area contributed by atoms with Gasteiger partial charge < -0.3 is 15.8 Å². The van der Waals surface area contributed by atoms with E-state index >= 15 is 0 Å². The van der Waals surface area contributed by atoms with E-state index in [0.717, 1.165) is 6.07 Å². The minimum Gasteiger partial charge on any atom is -0.461 e. The topological polar surface area (TPSA) is 89.6 Å². The second-order valence-corrected chi connectivity index (χ2v) is 8.33. The third-order valence-electron chi connectivity index (χ3n) is 5.78. The molecule has 1 aliphatic heterocycles. The Labute approximate surface area is 181 Å². The molecule has 2 aliphatic rings. The number of nitrogens with two attached hydrogens (primary N) is 1. The Hall–Kier alpha value is -2.81. The van der Waals surface area contributed by atoms with E-state index in [1.807, 2.05) is 0 Å². The van der Waals surface area contributed by atoms with Crippen molar-refractivity contribution in [3.05, 3.63) is 58.6 Å². The van der Waals surface area contributed by atoms with Crippen molar-refractivity contribution < 1.29 is 22.7 Å². The van der Waals surface area contributed by atoms with Gasteiger partial charge in [0.2, 0.25) is 0 Å². The van der Waals surface area contributed by atoms with Crippen LogP contribution < -0.4 is 11.1 Å². The number of nitrogens with one attached hydrogen (secondary N) is 1. The van der Waals surface area contributed by atoms with Gasteiger partial charge in [0.25, 0.3) is 17.9 Å². The van der Waals surface area contributed by atoms with Crippen molar-refractivity contribution >= 4 is 29.2 Å². The van der Waals surface area contributed by atoms with Crippen molar-refractivity contribution in [2.45, 2.75) is 43.8 Å². The molecule has 0 spiro atoms. The molecule has 1 saturated carbocycles. The number of amides is 1. The highest BCUT2D eigenvalue weighted by Crippen LogP contribution is 2.53. The van der Waals surface area contributed by atoms with Gasteiger partial charge in [-0.3, -0.25) is 4.79 Å². The molecule has 1 aromatic heterocycles. The van der Waals surface area contributed by atoms with Crippen LogP contribution in [0.3, 0.4) is 0 Å². The Morgan fingerprint density at radius 2 is 2.10 bits per heavy atom. The van der Waals surface area contributed by atoms with Crippen LogP contribution in [0.2, 0.25) is 5.02 Å². The number of pyridine rings is 1. The summed E-state index contributed by atoms with van der Waals surface area (Å²) in [4.78, 5) is 20.5. The lowest BCUT2D eigenvalue weighted by Gasteiger charge is -2.48. The summed E-state index contributed by atoms with van der Waals surface area (Å²) in [5, 5.41) is 2.96. The van der Waals surface area contributed by atoms with Gasteiger partial charge in [0, 0.05) is 23.9 Å². The average Bonchev–Trinajstić information content (AvgIpc) is 2.68. The molecule has 0 unspecified atom stereocenters. The molecule has 10 heteroatoms. The highest BCUT2D eigenvalue weighted by Gasteiger charge is 2.60. The van der Waals surface area contributed by atoms with Crippen molar-refractivity contribution in [2.75, 3.05) is 5.32 Å². The van der Waals surface area contributed by atoms with Crippen molar-refractivity contribution in [3.63, 3.8) is 0 Å². The Morgan fingerprint density at radius 1 is 1.32 bits per heavy atom. The number of fused-ring (bicyclic) bond motifs is 1. The van der Waals surface area contributed by atoms with E-state index in [-0.39, 0.29) is 35.8 Å². The number of amidine groups is 1. The van der Waals surface area contributed by atoms with Gasteiger partial charge >= 0.3 is 0 Å². The Balaban J connectivity index is 1.72. The second kappa shape index (κ2) is 7.71. The van der Waals surface area contributed by atoms with E-state index in [1.54, 1.807) is 0 Å². The standard InChI is InChI=1S/C21H20ClF3N4O2/c1-20(17-16(31-19(26)29-20)3-2-8-21(17,24)25)13-9-12(5-6-14(13)23)28-18(30)15-7-4-11(22)10-27-15/h4-7,9-10,16-17H,2-3,8H2,1H3,(H2,26,29)(H,28,30)/t16-,17-,20-/m1/s1. The number of carbonyl (C=O) groups excluding carboxylic acids is 1. The molecule has 1 fully saturated rings. The maximum Gasteiger partial charge on any atom is 0.283 e. The number of halogens is 4. The molecule has 3 atom stereocenters. The zero-order valence-corrected chi connectivity index (χ0v) is 17.3. The predicted molar refractivity (Wildman–Crippen MR) is 110 cm³/mol. The van der Waals surface area contributed by atoms with Gasteiger partial charge in [0.05, 0.1) is 10.9 Å². The molecule has 31 heavy (non-hydrogen) atoms. The molecule has 3 N–H and O–H groups in total. The molecule has 2 heterocycles. The van der Waals surface area contributed by atoms with Gasteiger partial charge in [0.15, 0.2) is 0 Å². The van der Waals surface area contributed by atoms with Crippen LogP contribution in [0.15, 0.2) is 41.5 Å². The van der Waals surface area contributed by atoms with E-state index < -0.39 is 35.2 Å². The van der Waals surface area contributed by atoms with E-state index in [9.17, 15) is 18.0 Å². The second-order valence-electron chi connectivity index (χ2n) is 7.90. The molecule has 164 valence electrons. The zero-order valence-electron chi connectivity index (χ0n) is 16.5. The van der Waals surface area contributed by atoms with Crippen LogP contribution in [-0.4, -0.2) is 28.9 Å². The first-order valence-corrected chi connectivity index (χ1v) is 10.1. The lowest BCUT2D eigenvalue weighted by molar-refractivity contribution is -0.163. The number of anilines is 1. The number of aliphatic imine (C=N–C) groups is 1. The third-order valence-corrected chi connectivity index (χ3v) is 6.00. The van der Waals surface area contributed by atoms with Crippen LogP contribution in [0, 0.1) is 11.7 Å². The summed E-state index contributed by atoms with van der Waals surface area (Å²) in [7, 11) is 0.